The van der Waals surface area contributed by atoms with Gasteiger partial charge in [-0.05, 0) is 37.6 Å². The molecule has 0 aromatic heterocycles. The molecule has 0 radical (unpaired) electrons. The van der Waals surface area contributed by atoms with Crippen molar-refractivity contribution in [2.75, 3.05) is 20.7 Å². The van der Waals surface area contributed by atoms with Crippen LogP contribution in [-0.2, 0) is 12.0 Å². The van der Waals surface area contributed by atoms with Crippen molar-refractivity contribution >= 4 is 0 Å². The van der Waals surface area contributed by atoms with Gasteiger partial charge in [-0.15, -0.1) is 0 Å². The number of ether oxygens (including phenoxy) is 2. The van der Waals surface area contributed by atoms with Crippen LogP contribution in [0.25, 0.3) is 0 Å². The van der Waals surface area contributed by atoms with Gasteiger partial charge in [0.15, 0.2) is 11.5 Å². The minimum absolute atomic E-state index is 0.0832. The molecule has 2 aliphatic heterocycles. The molecule has 2 heterocycles. The van der Waals surface area contributed by atoms with Gasteiger partial charge in [0.1, 0.15) is 6.10 Å². The Bertz CT molecular complexity index is 631. The van der Waals surface area contributed by atoms with Crippen LogP contribution in [0, 0.1) is 11.8 Å². The van der Waals surface area contributed by atoms with E-state index in [0.717, 1.165) is 37.4 Å². The number of rotatable bonds is 1. The molecule has 0 amide bonds. The summed E-state index contributed by atoms with van der Waals surface area (Å²) in [7, 11) is 3.88. The van der Waals surface area contributed by atoms with E-state index < -0.39 is 0 Å². The first-order valence-corrected chi connectivity index (χ1v) is 7.91. The Morgan fingerprint density at radius 3 is 3.10 bits per heavy atom. The Balaban J connectivity index is 1.76. The van der Waals surface area contributed by atoms with Gasteiger partial charge in [-0.25, -0.2) is 0 Å². The first-order valence-electron chi connectivity index (χ1n) is 7.91. The maximum atomic E-state index is 10.4. The average Bonchev–Trinajstić information content (AvgIpc) is 2.84. The van der Waals surface area contributed by atoms with Gasteiger partial charge in [0.25, 0.3) is 0 Å². The van der Waals surface area contributed by atoms with Crippen molar-refractivity contribution in [2.45, 2.75) is 37.0 Å². The van der Waals surface area contributed by atoms with Gasteiger partial charge >= 0.3 is 0 Å². The molecule has 4 aliphatic rings. The fourth-order valence-corrected chi connectivity index (χ4v) is 5.55. The van der Waals surface area contributed by atoms with Crippen molar-refractivity contribution in [2.24, 2.45) is 11.8 Å². The third-order valence-electron chi connectivity index (χ3n) is 6.28. The summed E-state index contributed by atoms with van der Waals surface area (Å²) in [5, 5.41) is 10.4. The van der Waals surface area contributed by atoms with Gasteiger partial charge in [-0.3, -0.25) is 0 Å². The molecule has 2 unspecified atom stereocenters. The van der Waals surface area contributed by atoms with E-state index in [4.69, 9.17) is 9.47 Å². The number of fused-ring (bicyclic) bond motifs is 1. The lowest BCUT2D eigenvalue weighted by molar-refractivity contribution is 0.107. The number of hydrogen-bond acceptors (Lipinski definition) is 4. The standard InChI is InChI=1S/C17H21NO3/c1-18-6-5-10-15-11(19)7-13-17(10,15)14-9(8-18)3-4-12(20-2)16(14)21-13/h3-4,10-11,13,15,19H,5-8H2,1-2H3/t10?,11-,13+,15?,17+/m1/s1. The molecule has 112 valence electrons. The fourth-order valence-electron chi connectivity index (χ4n) is 5.55. The van der Waals surface area contributed by atoms with E-state index in [1.165, 1.54) is 11.1 Å². The summed E-state index contributed by atoms with van der Waals surface area (Å²) in [5.41, 5.74) is 2.79. The van der Waals surface area contributed by atoms with Crippen LogP contribution in [0.4, 0.5) is 0 Å². The van der Waals surface area contributed by atoms with Crippen molar-refractivity contribution in [1.82, 2.24) is 4.90 Å². The Kier molecular flexibility index (Phi) is 2.19. The predicted molar refractivity (Wildman–Crippen MR) is 77.6 cm³/mol. The van der Waals surface area contributed by atoms with Crippen molar-refractivity contribution in [3.8, 4) is 11.5 Å². The molecule has 5 atom stereocenters. The van der Waals surface area contributed by atoms with Gasteiger partial charge in [-0.1, -0.05) is 6.07 Å². The largest absolute Gasteiger partial charge is 0.493 e. The lowest BCUT2D eigenvalue weighted by Gasteiger charge is -2.25. The highest BCUT2D eigenvalue weighted by molar-refractivity contribution is 5.63. The van der Waals surface area contributed by atoms with Crippen molar-refractivity contribution < 1.29 is 14.6 Å². The molecule has 5 rings (SSSR count). The molecule has 1 aromatic rings. The molecule has 2 saturated carbocycles. The third-order valence-corrected chi connectivity index (χ3v) is 6.28. The lowest BCUT2D eigenvalue weighted by atomic mass is 9.84. The van der Waals surface area contributed by atoms with Crippen LogP contribution in [0.1, 0.15) is 24.0 Å². The maximum Gasteiger partial charge on any atom is 0.165 e. The normalized spacial score (nSPS) is 42.6. The van der Waals surface area contributed by atoms with Crippen LogP contribution in [0.3, 0.4) is 0 Å². The second-order valence-electron chi connectivity index (χ2n) is 7.13. The summed E-state index contributed by atoms with van der Waals surface area (Å²) in [6, 6.07) is 4.22. The molecule has 2 fully saturated rings. The molecule has 0 bridgehead atoms. The number of aliphatic hydroxyl groups is 1. The zero-order valence-electron chi connectivity index (χ0n) is 12.5. The Hall–Kier alpha value is -1.26. The molecule has 21 heavy (non-hydrogen) atoms. The smallest absolute Gasteiger partial charge is 0.165 e. The molecule has 1 N–H and O–H groups in total. The molecule has 4 heteroatoms. The SMILES string of the molecule is COc1ccc2c3c1O[C@H]1C[C@@H](O)C4C(CCN(C)C2)[C@]341. The average molecular weight is 287 g/mol. The summed E-state index contributed by atoms with van der Waals surface area (Å²) in [4.78, 5) is 2.38. The summed E-state index contributed by atoms with van der Waals surface area (Å²) in [6.45, 7) is 2.06. The Morgan fingerprint density at radius 1 is 1.43 bits per heavy atom. The van der Waals surface area contributed by atoms with Gasteiger partial charge in [0, 0.05) is 29.9 Å². The monoisotopic (exact) mass is 287 g/mol. The summed E-state index contributed by atoms with van der Waals surface area (Å²) < 4.78 is 11.8. The zero-order chi connectivity index (χ0) is 14.4. The number of benzene rings is 1. The minimum Gasteiger partial charge on any atom is -0.493 e. The highest BCUT2D eigenvalue weighted by Gasteiger charge is 2.79. The molecular formula is C17H21NO3. The summed E-state index contributed by atoms with van der Waals surface area (Å²) >= 11 is 0. The zero-order valence-corrected chi connectivity index (χ0v) is 12.5. The van der Waals surface area contributed by atoms with Crippen LogP contribution >= 0.6 is 0 Å². The van der Waals surface area contributed by atoms with Gasteiger partial charge in [0.2, 0.25) is 0 Å². The minimum atomic E-state index is -0.199. The quantitative estimate of drug-likeness (QED) is 0.851. The number of aliphatic hydroxyl groups excluding tert-OH is 1. The van der Waals surface area contributed by atoms with Crippen molar-refractivity contribution in [3.63, 3.8) is 0 Å². The first kappa shape index (κ1) is 12.3. The predicted octanol–water partition coefficient (Wildman–Crippen LogP) is 1.54. The first-order chi connectivity index (χ1) is 10.2. The van der Waals surface area contributed by atoms with E-state index in [0.29, 0.717) is 11.8 Å². The number of hydrogen-bond donors (Lipinski definition) is 1. The van der Waals surface area contributed by atoms with Crippen LogP contribution in [0.5, 0.6) is 11.5 Å². The lowest BCUT2D eigenvalue weighted by Crippen LogP contribution is -2.30. The van der Waals surface area contributed by atoms with Crippen molar-refractivity contribution in [1.29, 1.82) is 0 Å². The van der Waals surface area contributed by atoms with Gasteiger partial charge in [0.05, 0.1) is 13.2 Å². The van der Waals surface area contributed by atoms with Crippen molar-refractivity contribution in [3.05, 3.63) is 23.3 Å². The highest BCUT2D eigenvalue weighted by atomic mass is 16.5. The highest BCUT2D eigenvalue weighted by Crippen LogP contribution is 2.76. The second kappa shape index (κ2) is 3.73. The number of nitrogens with zero attached hydrogens (tertiary/aromatic N) is 1. The van der Waals surface area contributed by atoms with E-state index in [9.17, 15) is 5.11 Å². The molecule has 0 saturated heterocycles. The molecule has 1 aromatic carbocycles. The molecule has 2 aliphatic carbocycles. The summed E-state index contributed by atoms with van der Waals surface area (Å²) in [6.07, 6.45) is 1.88. The van der Waals surface area contributed by atoms with Crippen LogP contribution < -0.4 is 9.47 Å². The Morgan fingerprint density at radius 2 is 2.29 bits per heavy atom. The van der Waals surface area contributed by atoms with E-state index >= 15 is 0 Å². The molecule has 1 spiro atoms. The summed E-state index contributed by atoms with van der Waals surface area (Å²) in [5.74, 6) is 2.76. The van der Waals surface area contributed by atoms with E-state index in [1.54, 1.807) is 7.11 Å². The maximum absolute atomic E-state index is 10.4. The van der Waals surface area contributed by atoms with E-state index in [2.05, 4.69) is 18.0 Å². The topological polar surface area (TPSA) is 41.9 Å². The van der Waals surface area contributed by atoms with Crippen LogP contribution in [-0.4, -0.2) is 42.9 Å². The van der Waals surface area contributed by atoms with E-state index in [-0.39, 0.29) is 17.6 Å². The van der Waals surface area contributed by atoms with E-state index in [1.807, 2.05) is 6.07 Å². The van der Waals surface area contributed by atoms with Crippen LogP contribution in [0.15, 0.2) is 12.1 Å². The second-order valence-corrected chi connectivity index (χ2v) is 7.13. The van der Waals surface area contributed by atoms with Gasteiger partial charge < -0.3 is 19.5 Å². The Labute approximate surface area is 124 Å². The third kappa shape index (κ3) is 1.25. The fraction of sp³-hybridized carbons (Fsp3) is 0.647. The van der Waals surface area contributed by atoms with Gasteiger partial charge in [-0.2, -0.15) is 0 Å². The van der Waals surface area contributed by atoms with Crippen LogP contribution in [0.2, 0.25) is 0 Å². The molecule has 4 nitrogen and oxygen atoms in total. The number of methoxy groups -OCH3 is 1. The molecular weight excluding hydrogens is 266 g/mol.